The van der Waals surface area contributed by atoms with E-state index < -0.39 is 11.0 Å². The molecule has 5 atom stereocenters. The summed E-state index contributed by atoms with van der Waals surface area (Å²) < 4.78 is 0. The molecule has 3 nitrogen and oxygen atoms in total. The predicted molar refractivity (Wildman–Crippen MR) is 75.8 cm³/mol. The van der Waals surface area contributed by atoms with Crippen molar-refractivity contribution in [2.24, 2.45) is 40.6 Å². The molecule has 1 aliphatic carbocycles. The second kappa shape index (κ2) is 4.84. The van der Waals surface area contributed by atoms with Crippen molar-refractivity contribution in [3.63, 3.8) is 0 Å². The van der Waals surface area contributed by atoms with Crippen molar-refractivity contribution in [2.75, 3.05) is 0 Å². The molecule has 0 heterocycles. The SMILES string of the molecule is CC(C)CC(C)(C(N)=O)C(C)(N)C1CC(C)C1C. The highest BCUT2D eigenvalue weighted by Crippen LogP contribution is 2.52. The number of hydrogen-bond acceptors (Lipinski definition) is 2. The van der Waals surface area contributed by atoms with Crippen molar-refractivity contribution in [2.45, 2.75) is 59.9 Å². The third-order valence-corrected chi connectivity index (χ3v) is 5.48. The molecule has 0 aliphatic heterocycles. The Labute approximate surface area is 112 Å². The van der Waals surface area contributed by atoms with Gasteiger partial charge in [-0.05, 0) is 50.4 Å². The second-order valence-corrected chi connectivity index (χ2v) is 7.26. The largest absolute Gasteiger partial charge is 0.369 e. The maximum Gasteiger partial charge on any atom is 0.225 e. The van der Waals surface area contributed by atoms with Gasteiger partial charge in [0.2, 0.25) is 5.91 Å². The lowest BCUT2D eigenvalue weighted by molar-refractivity contribution is -0.137. The molecule has 1 fully saturated rings. The average Bonchev–Trinajstić information content (AvgIpc) is 2.23. The molecule has 106 valence electrons. The molecule has 1 saturated carbocycles. The molecule has 0 aromatic heterocycles. The van der Waals surface area contributed by atoms with Crippen LogP contribution in [0.3, 0.4) is 0 Å². The monoisotopic (exact) mass is 254 g/mol. The van der Waals surface area contributed by atoms with Gasteiger partial charge in [0, 0.05) is 5.54 Å². The first kappa shape index (κ1) is 15.5. The van der Waals surface area contributed by atoms with Gasteiger partial charge in [-0.15, -0.1) is 0 Å². The van der Waals surface area contributed by atoms with Crippen LogP contribution in [0.5, 0.6) is 0 Å². The van der Waals surface area contributed by atoms with Crippen LogP contribution in [0, 0.1) is 29.1 Å². The third kappa shape index (κ3) is 2.29. The molecule has 0 bridgehead atoms. The van der Waals surface area contributed by atoms with Gasteiger partial charge in [-0.1, -0.05) is 27.7 Å². The van der Waals surface area contributed by atoms with Crippen LogP contribution < -0.4 is 11.5 Å². The highest BCUT2D eigenvalue weighted by atomic mass is 16.1. The molecule has 1 amide bonds. The molecule has 0 spiro atoms. The Hall–Kier alpha value is -0.570. The zero-order valence-corrected chi connectivity index (χ0v) is 12.8. The van der Waals surface area contributed by atoms with Gasteiger partial charge >= 0.3 is 0 Å². The fourth-order valence-corrected chi connectivity index (χ4v) is 3.63. The van der Waals surface area contributed by atoms with E-state index in [-0.39, 0.29) is 5.91 Å². The van der Waals surface area contributed by atoms with E-state index in [1.807, 2.05) is 13.8 Å². The highest BCUT2D eigenvalue weighted by Gasteiger charge is 2.56. The lowest BCUT2D eigenvalue weighted by atomic mass is 9.51. The normalized spacial score (nSPS) is 34.6. The van der Waals surface area contributed by atoms with E-state index in [2.05, 4.69) is 27.7 Å². The summed E-state index contributed by atoms with van der Waals surface area (Å²) in [6.45, 7) is 12.7. The number of hydrogen-bond donors (Lipinski definition) is 2. The first-order valence-electron chi connectivity index (χ1n) is 7.12. The molecule has 18 heavy (non-hydrogen) atoms. The summed E-state index contributed by atoms with van der Waals surface area (Å²) in [6, 6.07) is 0. The summed E-state index contributed by atoms with van der Waals surface area (Å²) in [5.74, 6) is 1.83. The van der Waals surface area contributed by atoms with Gasteiger partial charge in [0.1, 0.15) is 0 Å². The average molecular weight is 254 g/mol. The second-order valence-electron chi connectivity index (χ2n) is 7.26. The standard InChI is InChI=1S/C15H30N2O/c1-9(2)8-14(5,13(16)18)15(6,17)12-7-10(3)11(12)4/h9-12H,7-8,17H2,1-6H3,(H2,16,18). The van der Waals surface area contributed by atoms with Crippen LogP contribution in [0.1, 0.15) is 54.4 Å². The summed E-state index contributed by atoms with van der Waals surface area (Å²) in [6.07, 6.45) is 1.86. The minimum atomic E-state index is -0.625. The van der Waals surface area contributed by atoms with Gasteiger partial charge in [0.15, 0.2) is 0 Å². The fourth-order valence-electron chi connectivity index (χ4n) is 3.63. The molecule has 3 heteroatoms. The minimum Gasteiger partial charge on any atom is -0.369 e. The minimum absolute atomic E-state index is 0.257. The fraction of sp³-hybridized carbons (Fsp3) is 0.933. The van der Waals surface area contributed by atoms with E-state index in [1.165, 1.54) is 0 Å². The van der Waals surface area contributed by atoms with Crippen molar-refractivity contribution in [3.8, 4) is 0 Å². The molecule has 4 N–H and O–H groups in total. The third-order valence-electron chi connectivity index (χ3n) is 5.48. The molecule has 0 radical (unpaired) electrons. The number of amides is 1. The number of carbonyl (C=O) groups excluding carboxylic acids is 1. The summed E-state index contributed by atoms with van der Waals surface area (Å²) in [5.41, 5.74) is 11.1. The van der Waals surface area contributed by atoms with Crippen LogP contribution in [-0.4, -0.2) is 11.4 Å². The van der Waals surface area contributed by atoms with E-state index in [0.29, 0.717) is 23.7 Å². The van der Waals surface area contributed by atoms with Crippen LogP contribution in [0.25, 0.3) is 0 Å². The molecule has 0 aromatic rings. The maximum absolute atomic E-state index is 12.0. The van der Waals surface area contributed by atoms with Crippen LogP contribution >= 0.6 is 0 Å². The quantitative estimate of drug-likeness (QED) is 0.791. The first-order valence-corrected chi connectivity index (χ1v) is 7.12. The Balaban J connectivity index is 3.01. The van der Waals surface area contributed by atoms with Crippen LogP contribution in [0.2, 0.25) is 0 Å². The Kier molecular flexibility index (Phi) is 4.16. The number of rotatable bonds is 5. The Morgan fingerprint density at radius 1 is 1.33 bits per heavy atom. The van der Waals surface area contributed by atoms with Gasteiger partial charge in [-0.25, -0.2) is 0 Å². The Bertz CT molecular complexity index is 324. The maximum atomic E-state index is 12.0. The Morgan fingerprint density at radius 3 is 2.11 bits per heavy atom. The van der Waals surface area contributed by atoms with Crippen molar-refractivity contribution in [3.05, 3.63) is 0 Å². The van der Waals surface area contributed by atoms with Gasteiger partial charge in [-0.3, -0.25) is 4.79 Å². The Morgan fingerprint density at radius 2 is 1.83 bits per heavy atom. The first-order chi connectivity index (χ1) is 8.04. The van der Waals surface area contributed by atoms with Crippen LogP contribution in [0.15, 0.2) is 0 Å². The number of primary amides is 1. The molecular formula is C15H30N2O. The zero-order chi connectivity index (χ0) is 14.3. The van der Waals surface area contributed by atoms with E-state index in [0.717, 1.165) is 12.8 Å². The highest BCUT2D eigenvalue weighted by molar-refractivity contribution is 5.82. The van der Waals surface area contributed by atoms with Crippen LogP contribution in [0.4, 0.5) is 0 Å². The van der Waals surface area contributed by atoms with Crippen molar-refractivity contribution in [1.82, 2.24) is 0 Å². The van der Waals surface area contributed by atoms with E-state index in [1.54, 1.807) is 0 Å². The van der Waals surface area contributed by atoms with Gasteiger partial charge in [0.05, 0.1) is 5.41 Å². The van der Waals surface area contributed by atoms with Gasteiger partial charge < -0.3 is 11.5 Å². The smallest absolute Gasteiger partial charge is 0.225 e. The molecule has 0 aromatic carbocycles. The summed E-state index contributed by atoms with van der Waals surface area (Å²) in [7, 11) is 0. The lowest BCUT2D eigenvalue weighted by Crippen LogP contribution is -2.66. The molecule has 0 saturated heterocycles. The van der Waals surface area contributed by atoms with Crippen molar-refractivity contribution < 1.29 is 4.79 Å². The predicted octanol–water partition coefficient (Wildman–Crippen LogP) is 2.53. The summed E-state index contributed by atoms with van der Waals surface area (Å²) >= 11 is 0. The van der Waals surface area contributed by atoms with Crippen LogP contribution in [-0.2, 0) is 4.79 Å². The van der Waals surface area contributed by atoms with E-state index >= 15 is 0 Å². The molecule has 1 aliphatic rings. The number of nitrogens with two attached hydrogens (primary N) is 2. The van der Waals surface area contributed by atoms with Crippen molar-refractivity contribution in [1.29, 1.82) is 0 Å². The van der Waals surface area contributed by atoms with E-state index in [4.69, 9.17) is 11.5 Å². The molecule has 5 unspecified atom stereocenters. The summed E-state index contributed by atoms with van der Waals surface area (Å²) in [4.78, 5) is 12.0. The molecular weight excluding hydrogens is 224 g/mol. The topological polar surface area (TPSA) is 69.1 Å². The summed E-state index contributed by atoms with van der Waals surface area (Å²) in [5, 5.41) is 0. The van der Waals surface area contributed by atoms with E-state index in [9.17, 15) is 4.79 Å². The number of carbonyl (C=O) groups is 1. The molecule has 1 rings (SSSR count). The van der Waals surface area contributed by atoms with Gasteiger partial charge in [0.25, 0.3) is 0 Å². The zero-order valence-electron chi connectivity index (χ0n) is 12.8. The van der Waals surface area contributed by atoms with Crippen molar-refractivity contribution >= 4 is 5.91 Å². The van der Waals surface area contributed by atoms with Gasteiger partial charge in [-0.2, -0.15) is 0 Å². The lowest BCUT2D eigenvalue weighted by Gasteiger charge is -2.56.